The third kappa shape index (κ3) is 11.8. The van der Waals surface area contributed by atoms with Crippen molar-refractivity contribution in [3.05, 3.63) is 0 Å². The molecule has 0 amide bonds. The Balaban J connectivity index is 3.09. The molecule has 0 atom stereocenters. The van der Waals surface area contributed by atoms with Gasteiger partial charge in [0.1, 0.15) is 0 Å². The number of nitrogens with zero attached hydrogens (tertiary/aromatic N) is 1. The Bertz CT molecular complexity index is 121. The first-order chi connectivity index (χ1) is 5.92. The number of ether oxygens (including phenoxy) is 2. The van der Waals surface area contributed by atoms with Gasteiger partial charge in [-0.1, -0.05) is 0 Å². The van der Waals surface area contributed by atoms with Crippen molar-refractivity contribution in [1.29, 1.82) is 0 Å². The van der Waals surface area contributed by atoms with E-state index in [0.29, 0.717) is 19.8 Å². The van der Waals surface area contributed by atoms with Crippen LogP contribution in [0.1, 0.15) is 13.8 Å². The van der Waals surface area contributed by atoms with E-state index in [1.165, 1.54) is 0 Å². The molecule has 0 bridgehead atoms. The fraction of sp³-hybridized carbons (Fsp3) is 1.00. The van der Waals surface area contributed by atoms with Crippen LogP contribution in [0.5, 0.6) is 0 Å². The van der Waals surface area contributed by atoms with Crippen molar-refractivity contribution >= 4 is 0 Å². The summed E-state index contributed by atoms with van der Waals surface area (Å²) >= 11 is 0. The van der Waals surface area contributed by atoms with Crippen molar-refractivity contribution < 1.29 is 14.6 Å². The lowest BCUT2D eigenvalue weighted by atomic mass is 10.4. The lowest BCUT2D eigenvalue weighted by molar-refractivity contribution is -0.183. The number of likely N-dealkylation sites (N-methyl/N-ethyl adjacent to an activating group) is 1. The predicted molar refractivity (Wildman–Crippen MR) is 51.6 cm³/mol. The van der Waals surface area contributed by atoms with E-state index in [9.17, 15) is 5.11 Å². The third-order valence-electron chi connectivity index (χ3n) is 1.37. The van der Waals surface area contributed by atoms with Gasteiger partial charge in [0.2, 0.25) is 0 Å². The van der Waals surface area contributed by atoms with Crippen LogP contribution in [0, 0.1) is 0 Å². The minimum Gasteiger partial charge on any atom is -0.378 e. The molecule has 0 rings (SSSR count). The van der Waals surface area contributed by atoms with Gasteiger partial charge in [-0.25, -0.2) is 0 Å². The van der Waals surface area contributed by atoms with Crippen LogP contribution in [0.25, 0.3) is 0 Å². The maximum Gasteiger partial charge on any atom is 0.159 e. The maximum absolute atomic E-state index is 9.18. The zero-order chi connectivity index (χ0) is 10.3. The highest BCUT2D eigenvalue weighted by atomic mass is 16.6. The standard InChI is InChI=1S/C9H21NO3/c1-9(2,11)13-8-7-12-6-5-10(3)4/h11H,5-8H2,1-4H3. The molecule has 0 unspecified atom stereocenters. The Morgan fingerprint density at radius 3 is 2.23 bits per heavy atom. The topological polar surface area (TPSA) is 41.9 Å². The minimum atomic E-state index is -1.05. The van der Waals surface area contributed by atoms with Crippen molar-refractivity contribution in [2.75, 3.05) is 40.5 Å². The fourth-order valence-electron chi connectivity index (χ4n) is 0.700. The molecule has 0 spiro atoms. The van der Waals surface area contributed by atoms with Gasteiger partial charge in [-0.2, -0.15) is 0 Å². The van der Waals surface area contributed by atoms with Gasteiger partial charge in [0.25, 0.3) is 0 Å². The zero-order valence-electron chi connectivity index (χ0n) is 9.04. The Labute approximate surface area is 80.4 Å². The van der Waals surface area contributed by atoms with Crippen LogP contribution in [-0.2, 0) is 9.47 Å². The first-order valence-electron chi connectivity index (χ1n) is 4.50. The second-order valence-corrected chi connectivity index (χ2v) is 3.71. The molecule has 0 fully saturated rings. The van der Waals surface area contributed by atoms with Crippen LogP contribution >= 0.6 is 0 Å². The molecule has 0 saturated carbocycles. The van der Waals surface area contributed by atoms with Gasteiger partial charge in [-0.3, -0.25) is 0 Å². The summed E-state index contributed by atoms with van der Waals surface area (Å²) in [6.45, 7) is 5.76. The Morgan fingerprint density at radius 1 is 1.15 bits per heavy atom. The second kappa shape index (κ2) is 6.32. The molecule has 1 N–H and O–H groups in total. The molecule has 4 nitrogen and oxygen atoms in total. The minimum absolute atomic E-state index is 0.428. The summed E-state index contributed by atoms with van der Waals surface area (Å²) in [6.07, 6.45) is 0. The molecule has 0 aliphatic carbocycles. The van der Waals surface area contributed by atoms with Crippen LogP contribution in [0.2, 0.25) is 0 Å². The largest absolute Gasteiger partial charge is 0.378 e. The summed E-state index contributed by atoms with van der Waals surface area (Å²) in [7, 11) is 3.99. The Hall–Kier alpha value is -0.160. The van der Waals surface area contributed by atoms with Crippen molar-refractivity contribution in [2.45, 2.75) is 19.6 Å². The molecule has 4 heteroatoms. The van der Waals surface area contributed by atoms with Crippen molar-refractivity contribution in [2.24, 2.45) is 0 Å². The molecule has 0 heterocycles. The summed E-state index contributed by atoms with van der Waals surface area (Å²) in [6, 6.07) is 0. The smallest absolute Gasteiger partial charge is 0.159 e. The number of aliphatic hydroxyl groups is 1. The molecule has 0 aromatic heterocycles. The number of hydrogen-bond acceptors (Lipinski definition) is 4. The van der Waals surface area contributed by atoms with E-state index in [0.717, 1.165) is 6.54 Å². The molecule has 0 saturated heterocycles. The highest BCUT2D eigenvalue weighted by molar-refractivity contribution is 4.47. The van der Waals surface area contributed by atoms with Crippen LogP contribution in [0.3, 0.4) is 0 Å². The van der Waals surface area contributed by atoms with Gasteiger partial charge < -0.3 is 19.5 Å². The van der Waals surface area contributed by atoms with E-state index in [4.69, 9.17) is 9.47 Å². The average Bonchev–Trinajstić information content (AvgIpc) is 1.93. The van der Waals surface area contributed by atoms with Gasteiger partial charge in [0, 0.05) is 6.54 Å². The van der Waals surface area contributed by atoms with Crippen LogP contribution < -0.4 is 0 Å². The zero-order valence-corrected chi connectivity index (χ0v) is 9.04. The molecule has 13 heavy (non-hydrogen) atoms. The first-order valence-corrected chi connectivity index (χ1v) is 4.50. The monoisotopic (exact) mass is 191 g/mol. The van der Waals surface area contributed by atoms with Gasteiger partial charge in [-0.15, -0.1) is 0 Å². The second-order valence-electron chi connectivity index (χ2n) is 3.71. The lowest BCUT2D eigenvalue weighted by Crippen LogP contribution is -2.26. The molecular formula is C9H21NO3. The molecular weight excluding hydrogens is 170 g/mol. The molecule has 80 valence electrons. The Kier molecular flexibility index (Phi) is 6.24. The average molecular weight is 191 g/mol. The van der Waals surface area contributed by atoms with E-state index in [1.807, 2.05) is 14.1 Å². The van der Waals surface area contributed by atoms with E-state index >= 15 is 0 Å². The third-order valence-corrected chi connectivity index (χ3v) is 1.37. The van der Waals surface area contributed by atoms with Crippen LogP contribution in [-0.4, -0.2) is 56.3 Å². The van der Waals surface area contributed by atoms with Gasteiger partial charge in [-0.05, 0) is 27.9 Å². The van der Waals surface area contributed by atoms with E-state index in [2.05, 4.69) is 4.90 Å². The van der Waals surface area contributed by atoms with Crippen LogP contribution in [0.4, 0.5) is 0 Å². The number of rotatable bonds is 7. The van der Waals surface area contributed by atoms with E-state index < -0.39 is 5.79 Å². The van der Waals surface area contributed by atoms with Crippen molar-refractivity contribution in [1.82, 2.24) is 4.90 Å². The molecule has 0 radical (unpaired) electrons. The summed E-state index contributed by atoms with van der Waals surface area (Å²) < 4.78 is 10.3. The van der Waals surface area contributed by atoms with Gasteiger partial charge in [0.05, 0.1) is 19.8 Å². The summed E-state index contributed by atoms with van der Waals surface area (Å²) in [5, 5.41) is 9.18. The van der Waals surface area contributed by atoms with Gasteiger partial charge in [0.15, 0.2) is 5.79 Å². The normalized spacial score (nSPS) is 12.5. The van der Waals surface area contributed by atoms with E-state index in [-0.39, 0.29) is 0 Å². The predicted octanol–water partition coefficient (Wildman–Crippen LogP) is 0.310. The summed E-state index contributed by atoms with van der Waals surface area (Å²) in [4.78, 5) is 2.05. The summed E-state index contributed by atoms with van der Waals surface area (Å²) in [5.41, 5.74) is 0. The van der Waals surface area contributed by atoms with Crippen molar-refractivity contribution in [3.63, 3.8) is 0 Å². The molecule has 0 aliphatic rings. The number of hydrogen-bond donors (Lipinski definition) is 1. The van der Waals surface area contributed by atoms with Crippen LogP contribution in [0.15, 0.2) is 0 Å². The highest BCUT2D eigenvalue weighted by Gasteiger charge is 2.10. The quantitative estimate of drug-likeness (QED) is 0.464. The molecule has 0 aromatic carbocycles. The van der Waals surface area contributed by atoms with Gasteiger partial charge >= 0.3 is 0 Å². The fourth-order valence-corrected chi connectivity index (χ4v) is 0.700. The first kappa shape index (κ1) is 12.8. The molecule has 0 aromatic rings. The SMILES string of the molecule is CN(C)CCOCCOC(C)(C)O. The summed E-state index contributed by atoms with van der Waals surface area (Å²) in [5.74, 6) is -1.05. The van der Waals surface area contributed by atoms with E-state index in [1.54, 1.807) is 13.8 Å². The highest BCUT2D eigenvalue weighted by Crippen LogP contribution is 2.01. The lowest BCUT2D eigenvalue weighted by Gasteiger charge is -2.18. The molecule has 0 aliphatic heterocycles. The maximum atomic E-state index is 9.18. The van der Waals surface area contributed by atoms with Crippen molar-refractivity contribution in [3.8, 4) is 0 Å². The Morgan fingerprint density at radius 2 is 1.77 bits per heavy atom.